The highest BCUT2D eigenvalue weighted by Crippen LogP contribution is 2.35. The zero-order valence-electron chi connectivity index (χ0n) is 5.27. The van der Waals surface area contributed by atoms with Gasteiger partial charge in [0.15, 0.2) is 0 Å². The van der Waals surface area contributed by atoms with Gasteiger partial charge < -0.3 is 14.6 Å². The van der Waals surface area contributed by atoms with Gasteiger partial charge in [0, 0.05) is 6.42 Å². The Morgan fingerprint density at radius 3 is 2.50 bits per heavy atom. The third-order valence-corrected chi connectivity index (χ3v) is 1.24. The average molecular weight is 168 g/mol. The van der Waals surface area contributed by atoms with Gasteiger partial charge in [-0.3, -0.25) is 4.52 Å². The lowest BCUT2D eigenvalue weighted by atomic mass is 10.4. The van der Waals surface area contributed by atoms with E-state index in [-0.39, 0.29) is 13.0 Å². The van der Waals surface area contributed by atoms with Crippen LogP contribution in [0, 0.1) is 0 Å². The Bertz CT molecular complexity index is 139. The minimum Gasteiger partial charge on any atom is -0.303 e. The molecule has 0 spiro atoms. The molecule has 0 rings (SSSR count). The maximum absolute atomic E-state index is 9.98. The first kappa shape index (κ1) is 9.78. The van der Waals surface area contributed by atoms with E-state index >= 15 is 0 Å². The highest BCUT2D eigenvalue weighted by molar-refractivity contribution is 7.46. The first-order valence-corrected chi connectivity index (χ1v) is 4.23. The lowest BCUT2D eigenvalue weighted by Gasteiger charge is -2.01. The molecule has 0 amide bonds. The summed E-state index contributed by atoms with van der Waals surface area (Å²) < 4.78 is 14.0. The van der Waals surface area contributed by atoms with Crippen LogP contribution in [0.4, 0.5) is 0 Å². The number of unbranched alkanes of at least 4 members (excludes halogenated alkanes) is 1. The molecule has 0 aromatic heterocycles. The van der Waals surface area contributed by atoms with Crippen molar-refractivity contribution >= 4 is 14.1 Å². The van der Waals surface area contributed by atoms with Gasteiger partial charge in [0.1, 0.15) is 6.29 Å². The van der Waals surface area contributed by atoms with Gasteiger partial charge in [-0.1, -0.05) is 0 Å². The SMILES string of the molecule is O=CCCCOP(=O)(O)O. The molecule has 0 aliphatic rings. The van der Waals surface area contributed by atoms with E-state index in [9.17, 15) is 9.36 Å². The summed E-state index contributed by atoms with van der Waals surface area (Å²) in [5.41, 5.74) is 0. The topological polar surface area (TPSA) is 83.8 Å². The zero-order chi connectivity index (χ0) is 8.04. The lowest BCUT2D eigenvalue weighted by Crippen LogP contribution is -1.91. The van der Waals surface area contributed by atoms with Gasteiger partial charge in [0.25, 0.3) is 0 Å². The highest BCUT2D eigenvalue weighted by Gasteiger charge is 2.11. The van der Waals surface area contributed by atoms with E-state index in [0.717, 1.165) is 0 Å². The van der Waals surface area contributed by atoms with Crippen LogP contribution in [0.25, 0.3) is 0 Å². The number of hydrogen-bond donors (Lipinski definition) is 2. The second-order valence-electron chi connectivity index (χ2n) is 1.63. The summed E-state index contributed by atoms with van der Waals surface area (Å²) in [6.45, 7) is -0.0803. The van der Waals surface area contributed by atoms with Crippen LogP contribution in [-0.4, -0.2) is 22.7 Å². The van der Waals surface area contributed by atoms with Crippen LogP contribution in [-0.2, 0) is 13.9 Å². The van der Waals surface area contributed by atoms with E-state index in [4.69, 9.17) is 9.79 Å². The molecule has 0 aliphatic heterocycles. The molecule has 0 aromatic carbocycles. The van der Waals surface area contributed by atoms with Crippen LogP contribution < -0.4 is 0 Å². The van der Waals surface area contributed by atoms with Crippen LogP contribution in [0.5, 0.6) is 0 Å². The average Bonchev–Trinajstić information content (AvgIpc) is 1.78. The summed E-state index contributed by atoms with van der Waals surface area (Å²) >= 11 is 0. The zero-order valence-corrected chi connectivity index (χ0v) is 6.16. The quantitative estimate of drug-likeness (QED) is 0.345. The summed E-state index contributed by atoms with van der Waals surface area (Å²) in [6.07, 6.45) is 1.28. The van der Waals surface area contributed by atoms with E-state index in [1.165, 1.54) is 0 Å². The second-order valence-corrected chi connectivity index (χ2v) is 2.87. The van der Waals surface area contributed by atoms with Gasteiger partial charge in [0.2, 0.25) is 0 Å². The molecular formula is C4H9O5P. The third-order valence-electron chi connectivity index (χ3n) is 0.726. The maximum atomic E-state index is 9.98. The lowest BCUT2D eigenvalue weighted by molar-refractivity contribution is -0.108. The molecule has 60 valence electrons. The Morgan fingerprint density at radius 1 is 1.50 bits per heavy atom. The van der Waals surface area contributed by atoms with Crippen molar-refractivity contribution in [2.75, 3.05) is 6.61 Å². The Balaban J connectivity index is 3.20. The van der Waals surface area contributed by atoms with Crippen LogP contribution in [0.15, 0.2) is 0 Å². The normalized spacial score (nSPS) is 11.4. The van der Waals surface area contributed by atoms with Crippen molar-refractivity contribution in [2.24, 2.45) is 0 Å². The van der Waals surface area contributed by atoms with Crippen molar-refractivity contribution in [2.45, 2.75) is 12.8 Å². The van der Waals surface area contributed by atoms with Crippen LogP contribution in [0.3, 0.4) is 0 Å². The van der Waals surface area contributed by atoms with Crippen molar-refractivity contribution < 1.29 is 23.7 Å². The van der Waals surface area contributed by atoms with E-state index in [2.05, 4.69) is 4.52 Å². The van der Waals surface area contributed by atoms with Crippen molar-refractivity contribution in [1.82, 2.24) is 0 Å². The van der Waals surface area contributed by atoms with Gasteiger partial charge in [0.05, 0.1) is 6.61 Å². The van der Waals surface area contributed by atoms with E-state index in [1.807, 2.05) is 0 Å². The number of carbonyl (C=O) groups is 1. The number of phosphoric acid groups is 1. The smallest absolute Gasteiger partial charge is 0.303 e. The molecule has 0 radical (unpaired) electrons. The van der Waals surface area contributed by atoms with Gasteiger partial charge in [-0.2, -0.15) is 0 Å². The Labute approximate surface area is 58.2 Å². The Morgan fingerprint density at radius 2 is 2.10 bits per heavy atom. The molecule has 0 fully saturated rings. The molecule has 0 aliphatic carbocycles. The molecule has 0 atom stereocenters. The fourth-order valence-electron chi connectivity index (χ4n) is 0.350. The van der Waals surface area contributed by atoms with E-state index in [0.29, 0.717) is 12.7 Å². The van der Waals surface area contributed by atoms with Crippen molar-refractivity contribution in [3.63, 3.8) is 0 Å². The molecule has 0 bridgehead atoms. The largest absolute Gasteiger partial charge is 0.469 e. The monoisotopic (exact) mass is 168 g/mol. The number of carbonyl (C=O) groups excluding carboxylic acids is 1. The van der Waals surface area contributed by atoms with Crippen molar-refractivity contribution in [1.29, 1.82) is 0 Å². The summed E-state index contributed by atoms with van der Waals surface area (Å²) in [6, 6.07) is 0. The van der Waals surface area contributed by atoms with Gasteiger partial charge >= 0.3 is 7.82 Å². The summed E-state index contributed by atoms with van der Waals surface area (Å²) in [5.74, 6) is 0. The number of aldehydes is 1. The third kappa shape index (κ3) is 7.78. The number of phosphoric ester groups is 1. The second kappa shape index (κ2) is 4.57. The minimum absolute atomic E-state index is 0.0803. The van der Waals surface area contributed by atoms with Crippen molar-refractivity contribution in [3.8, 4) is 0 Å². The Kier molecular flexibility index (Phi) is 4.47. The maximum Gasteiger partial charge on any atom is 0.469 e. The summed E-state index contributed by atoms with van der Waals surface area (Å²) in [7, 11) is -4.32. The molecule has 10 heavy (non-hydrogen) atoms. The highest BCUT2D eigenvalue weighted by atomic mass is 31.2. The first-order chi connectivity index (χ1) is 4.56. The number of rotatable bonds is 5. The summed E-state index contributed by atoms with van der Waals surface area (Å²) in [4.78, 5) is 25.9. The number of hydrogen-bond acceptors (Lipinski definition) is 3. The molecule has 0 saturated heterocycles. The predicted octanol–water partition coefficient (Wildman–Crippen LogP) is 0.0748. The minimum atomic E-state index is -4.32. The molecule has 0 unspecified atom stereocenters. The predicted molar refractivity (Wildman–Crippen MR) is 33.3 cm³/mol. The molecule has 2 N–H and O–H groups in total. The molecule has 6 heteroatoms. The first-order valence-electron chi connectivity index (χ1n) is 2.70. The van der Waals surface area contributed by atoms with E-state index < -0.39 is 7.82 Å². The standard InChI is InChI=1S/C4H9O5P/c5-3-1-2-4-9-10(6,7)8/h3H,1-2,4H2,(H2,6,7,8). The van der Waals surface area contributed by atoms with Crippen LogP contribution in [0.2, 0.25) is 0 Å². The molecule has 0 heterocycles. The van der Waals surface area contributed by atoms with E-state index in [1.54, 1.807) is 0 Å². The molecule has 0 aromatic rings. The molecular weight excluding hydrogens is 159 g/mol. The van der Waals surface area contributed by atoms with Crippen LogP contribution in [0.1, 0.15) is 12.8 Å². The summed E-state index contributed by atoms with van der Waals surface area (Å²) in [5, 5.41) is 0. The molecule has 5 nitrogen and oxygen atoms in total. The van der Waals surface area contributed by atoms with Gasteiger partial charge in [-0.05, 0) is 6.42 Å². The van der Waals surface area contributed by atoms with Gasteiger partial charge in [-0.25, -0.2) is 4.57 Å². The fraction of sp³-hybridized carbons (Fsp3) is 0.750. The molecule has 0 saturated carbocycles. The Hall–Kier alpha value is -0.220. The van der Waals surface area contributed by atoms with Gasteiger partial charge in [-0.15, -0.1) is 0 Å². The van der Waals surface area contributed by atoms with Crippen molar-refractivity contribution in [3.05, 3.63) is 0 Å². The van der Waals surface area contributed by atoms with Crippen LogP contribution >= 0.6 is 7.82 Å². The fourth-order valence-corrected chi connectivity index (χ4v) is 0.717.